The molecule has 2 aromatic rings. The highest BCUT2D eigenvalue weighted by atomic mass is 35.5. The number of rotatable bonds is 2. The molecule has 3 rings (SSSR count). The maximum Gasteiger partial charge on any atom is 0.265 e. The Morgan fingerprint density at radius 3 is 2.90 bits per heavy atom. The lowest BCUT2D eigenvalue weighted by Crippen LogP contribution is -2.32. The highest BCUT2D eigenvalue weighted by molar-refractivity contribution is 6.30. The zero-order chi connectivity index (χ0) is 14.8. The van der Waals surface area contributed by atoms with Gasteiger partial charge < -0.3 is 9.64 Å². The number of fused-ring (bicyclic) bond motifs is 1. The van der Waals surface area contributed by atoms with E-state index in [2.05, 4.69) is 13.0 Å². The third-order valence-electron chi connectivity index (χ3n) is 3.63. The molecule has 0 spiro atoms. The topological polar surface area (TPSA) is 29.5 Å². The molecule has 4 heteroatoms. The van der Waals surface area contributed by atoms with Crippen molar-refractivity contribution in [3.8, 4) is 5.75 Å². The quantitative estimate of drug-likeness (QED) is 0.844. The minimum absolute atomic E-state index is 0.0458. The number of ether oxygens (including phenoxy) is 1. The fourth-order valence-corrected chi connectivity index (χ4v) is 2.66. The summed E-state index contributed by atoms with van der Waals surface area (Å²) in [5, 5.41) is 0.647. The molecule has 0 N–H and O–H groups in total. The molecule has 0 unspecified atom stereocenters. The van der Waals surface area contributed by atoms with Crippen molar-refractivity contribution in [3.05, 3.63) is 58.6 Å². The van der Waals surface area contributed by atoms with E-state index in [0.29, 0.717) is 11.6 Å². The van der Waals surface area contributed by atoms with E-state index < -0.39 is 0 Å². The molecule has 0 saturated heterocycles. The summed E-state index contributed by atoms with van der Waals surface area (Å²) in [6.07, 6.45) is 0.939. The summed E-state index contributed by atoms with van der Waals surface area (Å²) in [5.41, 5.74) is 3.03. The van der Waals surface area contributed by atoms with Crippen molar-refractivity contribution in [2.75, 3.05) is 11.5 Å². The zero-order valence-electron chi connectivity index (χ0n) is 11.8. The average molecular weight is 302 g/mol. The highest BCUT2D eigenvalue weighted by Crippen LogP contribution is 2.29. The van der Waals surface area contributed by atoms with Crippen LogP contribution in [0.5, 0.6) is 5.75 Å². The first-order valence-electron chi connectivity index (χ1n) is 6.98. The summed E-state index contributed by atoms with van der Waals surface area (Å²) in [5.74, 6) is 0.678. The fraction of sp³-hybridized carbons (Fsp3) is 0.235. The summed E-state index contributed by atoms with van der Waals surface area (Å²) in [6.45, 7) is 2.62. The lowest BCUT2D eigenvalue weighted by Gasteiger charge is -2.20. The molecule has 3 nitrogen and oxygen atoms in total. The van der Waals surface area contributed by atoms with Gasteiger partial charge in [-0.25, -0.2) is 0 Å². The van der Waals surface area contributed by atoms with Crippen LogP contribution in [0.15, 0.2) is 42.5 Å². The SMILES string of the molecule is CCc1cccc(N2Cc3cc(Cl)ccc3OCC2=O)c1. The Bertz CT molecular complexity index is 684. The Labute approximate surface area is 129 Å². The van der Waals surface area contributed by atoms with E-state index >= 15 is 0 Å². The Morgan fingerprint density at radius 2 is 2.10 bits per heavy atom. The molecule has 108 valence electrons. The van der Waals surface area contributed by atoms with Crippen molar-refractivity contribution < 1.29 is 9.53 Å². The van der Waals surface area contributed by atoms with Crippen molar-refractivity contribution in [1.29, 1.82) is 0 Å². The van der Waals surface area contributed by atoms with Gasteiger partial charge in [-0.05, 0) is 42.3 Å². The van der Waals surface area contributed by atoms with Gasteiger partial charge in [-0.3, -0.25) is 4.79 Å². The fourth-order valence-electron chi connectivity index (χ4n) is 2.47. The van der Waals surface area contributed by atoms with Crippen LogP contribution < -0.4 is 9.64 Å². The van der Waals surface area contributed by atoms with Crippen LogP contribution in [0.25, 0.3) is 0 Å². The summed E-state index contributed by atoms with van der Waals surface area (Å²) in [6, 6.07) is 13.5. The van der Waals surface area contributed by atoms with E-state index in [-0.39, 0.29) is 12.5 Å². The standard InChI is InChI=1S/C17H16ClNO2/c1-2-12-4-3-5-15(8-12)19-10-13-9-14(18)6-7-16(13)21-11-17(19)20/h3-9H,2,10-11H2,1H3. The van der Waals surface area contributed by atoms with Gasteiger partial charge in [0.1, 0.15) is 5.75 Å². The Morgan fingerprint density at radius 1 is 1.24 bits per heavy atom. The van der Waals surface area contributed by atoms with Gasteiger partial charge in [-0.2, -0.15) is 0 Å². The Balaban J connectivity index is 1.99. The molecule has 1 aliphatic heterocycles. The predicted octanol–water partition coefficient (Wildman–Crippen LogP) is 3.83. The van der Waals surface area contributed by atoms with Crippen LogP contribution in [0.1, 0.15) is 18.1 Å². The van der Waals surface area contributed by atoms with E-state index in [1.54, 1.807) is 11.0 Å². The number of hydrogen-bond acceptors (Lipinski definition) is 2. The number of amides is 1. The number of carbonyl (C=O) groups excluding carboxylic acids is 1. The number of hydrogen-bond donors (Lipinski definition) is 0. The maximum absolute atomic E-state index is 12.3. The maximum atomic E-state index is 12.3. The predicted molar refractivity (Wildman–Crippen MR) is 84.0 cm³/mol. The van der Waals surface area contributed by atoms with E-state index in [0.717, 1.165) is 23.4 Å². The van der Waals surface area contributed by atoms with Gasteiger partial charge in [0.25, 0.3) is 5.91 Å². The first-order chi connectivity index (χ1) is 10.2. The molecule has 1 aliphatic rings. The second-order valence-corrected chi connectivity index (χ2v) is 5.48. The number of benzene rings is 2. The number of anilines is 1. The number of halogens is 1. The van der Waals surface area contributed by atoms with Crippen LogP contribution in [-0.2, 0) is 17.8 Å². The van der Waals surface area contributed by atoms with Gasteiger partial charge in [0.15, 0.2) is 6.61 Å². The first-order valence-corrected chi connectivity index (χ1v) is 7.35. The van der Waals surface area contributed by atoms with Gasteiger partial charge >= 0.3 is 0 Å². The van der Waals surface area contributed by atoms with E-state index in [9.17, 15) is 4.79 Å². The van der Waals surface area contributed by atoms with Crippen LogP contribution in [-0.4, -0.2) is 12.5 Å². The van der Waals surface area contributed by atoms with Crippen LogP contribution in [0.2, 0.25) is 5.02 Å². The Kier molecular flexibility index (Phi) is 3.84. The summed E-state index contributed by atoms with van der Waals surface area (Å²) in [7, 11) is 0. The summed E-state index contributed by atoms with van der Waals surface area (Å²) < 4.78 is 5.57. The lowest BCUT2D eigenvalue weighted by molar-refractivity contribution is -0.120. The van der Waals surface area contributed by atoms with Crippen molar-refractivity contribution in [2.24, 2.45) is 0 Å². The van der Waals surface area contributed by atoms with Gasteiger partial charge in [-0.1, -0.05) is 30.7 Å². The molecule has 0 radical (unpaired) electrons. The molecule has 0 saturated carbocycles. The largest absolute Gasteiger partial charge is 0.483 e. The van der Waals surface area contributed by atoms with Crippen molar-refractivity contribution in [1.82, 2.24) is 0 Å². The third-order valence-corrected chi connectivity index (χ3v) is 3.87. The Hall–Kier alpha value is -2.00. The molecule has 0 aromatic heterocycles. The van der Waals surface area contributed by atoms with Crippen LogP contribution in [0, 0.1) is 0 Å². The van der Waals surface area contributed by atoms with E-state index in [1.165, 1.54) is 5.56 Å². The molecule has 1 heterocycles. The molecule has 0 bridgehead atoms. The van der Waals surface area contributed by atoms with Crippen molar-refractivity contribution >= 4 is 23.2 Å². The average Bonchev–Trinajstić information content (AvgIpc) is 2.66. The van der Waals surface area contributed by atoms with Gasteiger partial charge in [0.05, 0.1) is 6.54 Å². The highest BCUT2D eigenvalue weighted by Gasteiger charge is 2.23. The van der Waals surface area contributed by atoms with Crippen LogP contribution in [0.4, 0.5) is 5.69 Å². The molecule has 0 fully saturated rings. The molecular weight excluding hydrogens is 286 g/mol. The molecule has 21 heavy (non-hydrogen) atoms. The molecular formula is C17H16ClNO2. The second-order valence-electron chi connectivity index (χ2n) is 5.04. The number of aryl methyl sites for hydroxylation is 1. The van der Waals surface area contributed by atoms with E-state index in [4.69, 9.17) is 16.3 Å². The number of nitrogens with zero attached hydrogens (tertiary/aromatic N) is 1. The molecule has 0 atom stereocenters. The van der Waals surface area contributed by atoms with Crippen LogP contribution in [0.3, 0.4) is 0 Å². The molecule has 1 amide bonds. The normalized spacial score (nSPS) is 14.4. The second kappa shape index (κ2) is 5.78. The molecule has 2 aromatic carbocycles. The smallest absolute Gasteiger partial charge is 0.265 e. The zero-order valence-corrected chi connectivity index (χ0v) is 12.6. The van der Waals surface area contributed by atoms with Crippen molar-refractivity contribution in [2.45, 2.75) is 19.9 Å². The minimum Gasteiger partial charge on any atom is -0.483 e. The van der Waals surface area contributed by atoms with Crippen LogP contribution >= 0.6 is 11.6 Å². The van der Waals surface area contributed by atoms with Gasteiger partial charge in [-0.15, -0.1) is 0 Å². The van der Waals surface area contributed by atoms with E-state index in [1.807, 2.05) is 30.3 Å². The van der Waals surface area contributed by atoms with Crippen molar-refractivity contribution in [3.63, 3.8) is 0 Å². The lowest BCUT2D eigenvalue weighted by atomic mass is 10.1. The van der Waals surface area contributed by atoms with Gasteiger partial charge in [0, 0.05) is 16.3 Å². The first kappa shape index (κ1) is 14.0. The minimum atomic E-state index is -0.0458. The number of carbonyl (C=O) groups is 1. The van der Waals surface area contributed by atoms with Gasteiger partial charge in [0.2, 0.25) is 0 Å². The molecule has 0 aliphatic carbocycles. The monoisotopic (exact) mass is 301 g/mol. The summed E-state index contributed by atoms with van der Waals surface area (Å²) in [4.78, 5) is 14.1. The summed E-state index contributed by atoms with van der Waals surface area (Å²) >= 11 is 6.05. The third kappa shape index (κ3) is 2.88.